The van der Waals surface area contributed by atoms with Crippen LogP contribution in [0.3, 0.4) is 0 Å². The van der Waals surface area contributed by atoms with Crippen molar-refractivity contribution in [2.75, 3.05) is 20.2 Å². The van der Waals surface area contributed by atoms with Gasteiger partial charge >= 0.3 is 6.09 Å². The number of carbonyl (C=O) groups is 1. The molecule has 1 aliphatic carbocycles. The van der Waals surface area contributed by atoms with Crippen LogP contribution in [0.15, 0.2) is 0 Å². The van der Waals surface area contributed by atoms with E-state index < -0.39 is 0 Å². The SMILES string of the molecule is COC(=O)N1CC(NC2CCCC2)CC(C(C)C)C1. The maximum Gasteiger partial charge on any atom is 0.409 e. The predicted octanol–water partition coefficient (Wildman–Crippen LogP) is 2.63. The molecule has 1 saturated carbocycles. The molecule has 1 aliphatic heterocycles. The van der Waals surface area contributed by atoms with Crippen molar-refractivity contribution in [3.8, 4) is 0 Å². The fourth-order valence-electron chi connectivity index (χ4n) is 3.45. The van der Waals surface area contributed by atoms with Crippen molar-refractivity contribution in [3.63, 3.8) is 0 Å². The summed E-state index contributed by atoms with van der Waals surface area (Å²) >= 11 is 0. The van der Waals surface area contributed by atoms with Gasteiger partial charge in [0, 0.05) is 25.2 Å². The summed E-state index contributed by atoms with van der Waals surface area (Å²) in [4.78, 5) is 13.7. The molecule has 19 heavy (non-hydrogen) atoms. The molecule has 1 heterocycles. The molecule has 0 radical (unpaired) electrons. The normalized spacial score (nSPS) is 28.9. The van der Waals surface area contributed by atoms with Gasteiger partial charge in [0.25, 0.3) is 0 Å². The average Bonchev–Trinajstić information content (AvgIpc) is 2.90. The lowest BCUT2D eigenvalue weighted by Crippen LogP contribution is -2.54. The number of methoxy groups -OCH3 is 1. The Hall–Kier alpha value is -0.770. The molecule has 2 atom stereocenters. The molecule has 2 rings (SSSR count). The Morgan fingerprint density at radius 2 is 1.89 bits per heavy atom. The largest absolute Gasteiger partial charge is 0.453 e. The van der Waals surface area contributed by atoms with Crippen molar-refractivity contribution >= 4 is 6.09 Å². The van der Waals surface area contributed by atoms with Gasteiger partial charge in [-0.05, 0) is 31.1 Å². The van der Waals surface area contributed by atoms with E-state index in [2.05, 4.69) is 19.2 Å². The molecule has 4 heteroatoms. The van der Waals surface area contributed by atoms with E-state index in [9.17, 15) is 4.79 Å². The van der Waals surface area contributed by atoms with Gasteiger partial charge in [0.15, 0.2) is 0 Å². The van der Waals surface area contributed by atoms with Crippen LogP contribution in [-0.2, 0) is 4.74 Å². The lowest BCUT2D eigenvalue weighted by atomic mass is 9.85. The smallest absolute Gasteiger partial charge is 0.409 e. The topological polar surface area (TPSA) is 41.6 Å². The minimum absolute atomic E-state index is 0.177. The number of hydrogen-bond donors (Lipinski definition) is 1. The quantitative estimate of drug-likeness (QED) is 0.855. The molecule has 110 valence electrons. The molecule has 0 spiro atoms. The Bertz CT molecular complexity index is 299. The highest BCUT2D eigenvalue weighted by Crippen LogP contribution is 2.26. The number of amides is 1. The summed E-state index contributed by atoms with van der Waals surface area (Å²) in [6.07, 6.45) is 6.28. The number of likely N-dealkylation sites (tertiary alicyclic amines) is 1. The first-order chi connectivity index (χ1) is 9.10. The number of nitrogens with zero attached hydrogens (tertiary/aromatic N) is 1. The summed E-state index contributed by atoms with van der Waals surface area (Å²) in [5.41, 5.74) is 0. The lowest BCUT2D eigenvalue weighted by Gasteiger charge is -2.40. The Morgan fingerprint density at radius 1 is 1.21 bits per heavy atom. The van der Waals surface area contributed by atoms with Crippen molar-refractivity contribution in [2.24, 2.45) is 11.8 Å². The zero-order valence-corrected chi connectivity index (χ0v) is 12.5. The van der Waals surface area contributed by atoms with Crippen LogP contribution in [0.5, 0.6) is 0 Å². The highest BCUT2D eigenvalue weighted by atomic mass is 16.5. The molecule has 1 N–H and O–H groups in total. The monoisotopic (exact) mass is 268 g/mol. The molecule has 0 aromatic heterocycles. The molecule has 2 unspecified atom stereocenters. The number of piperidine rings is 1. The molecular weight excluding hydrogens is 240 g/mol. The van der Waals surface area contributed by atoms with E-state index in [0.717, 1.165) is 13.1 Å². The first kappa shape index (κ1) is 14.6. The van der Waals surface area contributed by atoms with Crippen LogP contribution in [0.4, 0.5) is 4.79 Å². The van der Waals surface area contributed by atoms with Crippen molar-refractivity contribution in [3.05, 3.63) is 0 Å². The Morgan fingerprint density at radius 3 is 2.47 bits per heavy atom. The third-order valence-electron chi connectivity index (χ3n) is 4.69. The molecular formula is C15H28N2O2. The molecule has 2 fully saturated rings. The minimum Gasteiger partial charge on any atom is -0.453 e. The van der Waals surface area contributed by atoms with E-state index in [1.54, 1.807) is 0 Å². The molecule has 0 aromatic rings. The second kappa shape index (κ2) is 6.60. The number of rotatable bonds is 3. The van der Waals surface area contributed by atoms with Crippen LogP contribution < -0.4 is 5.32 Å². The Balaban J connectivity index is 1.95. The fourth-order valence-corrected chi connectivity index (χ4v) is 3.45. The van der Waals surface area contributed by atoms with E-state index in [1.165, 1.54) is 39.2 Å². The zero-order chi connectivity index (χ0) is 13.8. The van der Waals surface area contributed by atoms with Gasteiger partial charge in [-0.3, -0.25) is 0 Å². The van der Waals surface area contributed by atoms with Crippen LogP contribution >= 0.6 is 0 Å². The van der Waals surface area contributed by atoms with Gasteiger partial charge in [0.1, 0.15) is 0 Å². The average molecular weight is 268 g/mol. The van der Waals surface area contributed by atoms with Crippen LogP contribution in [0.2, 0.25) is 0 Å². The summed E-state index contributed by atoms with van der Waals surface area (Å²) in [7, 11) is 1.47. The number of hydrogen-bond acceptors (Lipinski definition) is 3. The summed E-state index contributed by atoms with van der Waals surface area (Å²) in [5, 5.41) is 3.76. The van der Waals surface area contributed by atoms with Crippen molar-refractivity contribution < 1.29 is 9.53 Å². The van der Waals surface area contributed by atoms with E-state index in [0.29, 0.717) is 23.9 Å². The van der Waals surface area contributed by atoms with Crippen LogP contribution in [0, 0.1) is 11.8 Å². The summed E-state index contributed by atoms with van der Waals surface area (Å²) in [6, 6.07) is 1.10. The van der Waals surface area contributed by atoms with Gasteiger partial charge < -0.3 is 15.0 Å². The van der Waals surface area contributed by atoms with Crippen LogP contribution in [-0.4, -0.2) is 43.3 Å². The highest BCUT2D eigenvalue weighted by Gasteiger charge is 2.33. The third-order valence-corrected chi connectivity index (χ3v) is 4.69. The van der Waals surface area contributed by atoms with E-state index >= 15 is 0 Å². The Kier molecular flexibility index (Phi) is 5.08. The van der Waals surface area contributed by atoms with Crippen molar-refractivity contribution in [1.82, 2.24) is 10.2 Å². The van der Waals surface area contributed by atoms with Crippen molar-refractivity contribution in [1.29, 1.82) is 0 Å². The van der Waals surface area contributed by atoms with Gasteiger partial charge in [0.2, 0.25) is 0 Å². The number of ether oxygens (including phenoxy) is 1. The molecule has 0 bridgehead atoms. The van der Waals surface area contributed by atoms with E-state index in [1.807, 2.05) is 4.90 Å². The van der Waals surface area contributed by atoms with Gasteiger partial charge in [-0.15, -0.1) is 0 Å². The molecule has 4 nitrogen and oxygen atoms in total. The number of carbonyl (C=O) groups excluding carboxylic acids is 1. The molecule has 1 saturated heterocycles. The molecule has 1 amide bonds. The van der Waals surface area contributed by atoms with Crippen molar-refractivity contribution in [2.45, 2.75) is 58.0 Å². The molecule has 0 aromatic carbocycles. The summed E-state index contributed by atoms with van der Waals surface area (Å²) in [5.74, 6) is 1.19. The summed E-state index contributed by atoms with van der Waals surface area (Å²) in [6.45, 7) is 6.13. The van der Waals surface area contributed by atoms with E-state index in [-0.39, 0.29) is 6.09 Å². The first-order valence-corrected chi connectivity index (χ1v) is 7.69. The fraction of sp³-hybridized carbons (Fsp3) is 0.933. The second-order valence-corrected chi connectivity index (χ2v) is 6.46. The zero-order valence-electron chi connectivity index (χ0n) is 12.5. The van der Waals surface area contributed by atoms with Crippen LogP contribution in [0.25, 0.3) is 0 Å². The van der Waals surface area contributed by atoms with Gasteiger partial charge in [0.05, 0.1) is 7.11 Å². The lowest BCUT2D eigenvalue weighted by molar-refractivity contribution is 0.0788. The third kappa shape index (κ3) is 3.85. The maximum atomic E-state index is 11.8. The van der Waals surface area contributed by atoms with Gasteiger partial charge in [-0.1, -0.05) is 26.7 Å². The second-order valence-electron chi connectivity index (χ2n) is 6.46. The maximum absolute atomic E-state index is 11.8. The minimum atomic E-state index is -0.177. The Labute approximate surface area is 116 Å². The van der Waals surface area contributed by atoms with Crippen LogP contribution in [0.1, 0.15) is 46.0 Å². The first-order valence-electron chi connectivity index (χ1n) is 7.69. The highest BCUT2D eigenvalue weighted by molar-refractivity contribution is 5.67. The predicted molar refractivity (Wildman–Crippen MR) is 76.1 cm³/mol. The molecule has 2 aliphatic rings. The van der Waals surface area contributed by atoms with Gasteiger partial charge in [-0.2, -0.15) is 0 Å². The number of nitrogens with one attached hydrogen (secondary N) is 1. The van der Waals surface area contributed by atoms with E-state index in [4.69, 9.17) is 4.74 Å². The summed E-state index contributed by atoms with van der Waals surface area (Å²) < 4.78 is 4.90. The van der Waals surface area contributed by atoms with Gasteiger partial charge in [-0.25, -0.2) is 4.79 Å². The standard InChI is InChI=1S/C15H28N2O2/c1-11(2)12-8-14(16-13-6-4-5-7-13)10-17(9-12)15(18)19-3/h11-14,16H,4-10H2,1-3H3.